The molecule has 0 radical (unpaired) electrons. The number of aromatic nitrogens is 2. The summed E-state index contributed by atoms with van der Waals surface area (Å²) < 4.78 is 16.6. The van der Waals surface area contributed by atoms with Crippen molar-refractivity contribution in [2.75, 3.05) is 6.54 Å². The lowest BCUT2D eigenvalue weighted by Crippen LogP contribution is -2.38. The molecule has 2 aliphatic rings. The lowest BCUT2D eigenvalue weighted by Gasteiger charge is -2.35. The Morgan fingerprint density at radius 2 is 2.00 bits per heavy atom. The molecule has 1 saturated heterocycles. The summed E-state index contributed by atoms with van der Waals surface area (Å²) in [5, 5.41) is 4.52. The quantitative estimate of drug-likeness (QED) is 0.374. The number of aryl methyl sites for hydroxylation is 1. The highest BCUT2D eigenvalue weighted by Crippen LogP contribution is 2.38. The van der Waals surface area contributed by atoms with E-state index in [1.807, 2.05) is 36.1 Å². The van der Waals surface area contributed by atoms with Gasteiger partial charge >= 0.3 is 0 Å². The fraction of sp³-hybridized carbons (Fsp3) is 0.433. The molecule has 194 valence electrons. The third-order valence-corrected chi connectivity index (χ3v) is 7.60. The lowest BCUT2D eigenvalue weighted by atomic mass is 9.93. The molecule has 7 heteroatoms. The van der Waals surface area contributed by atoms with Crippen LogP contribution < -0.4 is 5.73 Å². The minimum atomic E-state index is -0.407. The first-order valence-electron chi connectivity index (χ1n) is 13.4. The molecule has 2 aromatic carbocycles. The molecule has 1 atom stereocenters. The fourth-order valence-corrected chi connectivity index (χ4v) is 5.37. The lowest BCUT2D eigenvalue weighted by molar-refractivity contribution is -0.136. The van der Waals surface area contributed by atoms with Gasteiger partial charge in [0.1, 0.15) is 11.5 Å². The van der Waals surface area contributed by atoms with E-state index < -0.39 is 5.82 Å². The molecule has 0 bridgehead atoms. The molecule has 1 aliphatic carbocycles. The summed E-state index contributed by atoms with van der Waals surface area (Å²) in [5.41, 5.74) is 9.87. The number of piperidine rings is 1. The molecular formula is C30H35FN4O2. The predicted octanol–water partition coefficient (Wildman–Crippen LogP) is 5.45. The van der Waals surface area contributed by atoms with Crippen molar-refractivity contribution in [2.24, 2.45) is 11.7 Å². The summed E-state index contributed by atoms with van der Waals surface area (Å²) in [4.78, 5) is 28.2. The summed E-state index contributed by atoms with van der Waals surface area (Å²) in [7, 11) is 0. The number of nitrogens with two attached hydrogens (primary N) is 1. The van der Waals surface area contributed by atoms with Crippen molar-refractivity contribution in [3.8, 4) is 5.69 Å². The van der Waals surface area contributed by atoms with E-state index in [1.54, 1.807) is 22.9 Å². The van der Waals surface area contributed by atoms with Gasteiger partial charge in [-0.25, -0.2) is 9.07 Å². The fourth-order valence-electron chi connectivity index (χ4n) is 5.37. The Bertz CT molecular complexity index is 1300. The van der Waals surface area contributed by atoms with Gasteiger partial charge < -0.3 is 10.6 Å². The number of amides is 1. The highest BCUT2D eigenvalue weighted by Gasteiger charge is 2.30. The maximum Gasteiger partial charge on any atom is 0.223 e. The number of hydrogen-bond acceptors (Lipinski definition) is 4. The molecule has 2 fully saturated rings. The number of carbonyl (C=O) groups excluding carboxylic acids is 2. The molecule has 2 heterocycles. The van der Waals surface area contributed by atoms with Gasteiger partial charge in [-0.15, -0.1) is 0 Å². The van der Waals surface area contributed by atoms with E-state index in [2.05, 4.69) is 5.10 Å². The number of ketones is 1. The van der Waals surface area contributed by atoms with Crippen LogP contribution in [0.4, 0.5) is 4.39 Å². The van der Waals surface area contributed by atoms with Gasteiger partial charge in [-0.1, -0.05) is 37.1 Å². The number of nitrogens with zero attached hydrogens (tertiary/aromatic N) is 3. The normalized spacial score (nSPS) is 16.7. The van der Waals surface area contributed by atoms with Crippen molar-refractivity contribution in [3.63, 3.8) is 0 Å². The Morgan fingerprint density at radius 1 is 1.16 bits per heavy atom. The number of benzene rings is 2. The van der Waals surface area contributed by atoms with Crippen molar-refractivity contribution in [1.82, 2.24) is 14.7 Å². The van der Waals surface area contributed by atoms with Gasteiger partial charge in [-0.2, -0.15) is 5.10 Å². The zero-order chi connectivity index (χ0) is 25.9. The monoisotopic (exact) mass is 502 g/mol. The topological polar surface area (TPSA) is 81.2 Å². The number of Topliss-reactive ketones (excluding diaryl/α,β-unsaturated/α-hetero) is 1. The summed E-state index contributed by atoms with van der Waals surface area (Å²) >= 11 is 0. The summed E-state index contributed by atoms with van der Waals surface area (Å²) in [6, 6.07) is 14.3. The molecule has 2 N–H and O–H groups in total. The van der Waals surface area contributed by atoms with Crippen molar-refractivity contribution < 1.29 is 14.0 Å². The summed E-state index contributed by atoms with van der Waals surface area (Å²) in [6.45, 7) is 2.96. The Morgan fingerprint density at radius 3 is 2.76 bits per heavy atom. The molecule has 1 unspecified atom stereocenters. The molecular weight excluding hydrogens is 467 g/mol. The third-order valence-electron chi connectivity index (χ3n) is 7.60. The number of likely N-dealkylation sites (tertiary alicyclic amines) is 1. The van der Waals surface area contributed by atoms with Crippen LogP contribution in [0.1, 0.15) is 83.9 Å². The van der Waals surface area contributed by atoms with Crippen LogP contribution in [0.2, 0.25) is 0 Å². The van der Waals surface area contributed by atoms with Gasteiger partial charge in [0.2, 0.25) is 5.91 Å². The van der Waals surface area contributed by atoms with E-state index in [-0.39, 0.29) is 24.2 Å². The molecule has 1 aliphatic heterocycles. The van der Waals surface area contributed by atoms with Crippen LogP contribution in [0.5, 0.6) is 0 Å². The summed E-state index contributed by atoms with van der Waals surface area (Å²) in [6.07, 6.45) is 6.86. The summed E-state index contributed by atoms with van der Waals surface area (Å²) in [5.74, 6) is 0.299. The molecule has 3 aromatic rings. The average molecular weight is 503 g/mol. The first-order chi connectivity index (χ1) is 17.9. The van der Waals surface area contributed by atoms with Crippen molar-refractivity contribution in [1.29, 1.82) is 0 Å². The molecule has 5 rings (SSSR count). The van der Waals surface area contributed by atoms with Crippen LogP contribution in [0, 0.1) is 18.7 Å². The molecule has 6 nitrogen and oxygen atoms in total. The zero-order valence-electron chi connectivity index (χ0n) is 21.5. The number of hydrogen-bond donors (Lipinski definition) is 1. The Hall–Kier alpha value is -3.32. The van der Waals surface area contributed by atoms with Gasteiger partial charge in [0, 0.05) is 25.9 Å². The maximum absolute atomic E-state index is 15.0. The number of rotatable bonds is 10. The standard InChI is InChI=1S/C30H35FN4O2/c1-20-15-28(35(33-20)25-6-4-5-22(16-25)19-32)29(36)18-24-17-23(11-12-26(24)31)27(13-10-21-8-9-21)34-14-3-2-7-30(34)37/h4-6,11-12,15-17,21,27H,2-3,7-10,13-14,18-19,32H2,1H3. The minimum Gasteiger partial charge on any atom is -0.336 e. The van der Waals surface area contributed by atoms with E-state index in [9.17, 15) is 9.59 Å². The van der Waals surface area contributed by atoms with Crippen LogP contribution in [-0.4, -0.2) is 32.9 Å². The maximum atomic E-state index is 15.0. The highest BCUT2D eigenvalue weighted by atomic mass is 19.1. The smallest absolute Gasteiger partial charge is 0.223 e. The Balaban J connectivity index is 1.42. The van der Waals surface area contributed by atoms with Crippen LogP contribution in [0.25, 0.3) is 5.69 Å². The average Bonchev–Trinajstić information content (AvgIpc) is 3.65. The largest absolute Gasteiger partial charge is 0.336 e. The molecule has 1 aromatic heterocycles. The predicted molar refractivity (Wildman–Crippen MR) is 141 cm³/mol. The minimum absolute atomic E-state index is 0.0744. The zero-order valence-corrected chi connectivity index (χ0v) is 21.5. The Labute approximate surface area is 217 Å². The second kappa shape index (κ2) is 11.0. The van der Waals surface area contributed by atoms with Crippen molar-refractivity contribution >= 4 is 11.7 Å². The van der Waals surface area contributed by atoms with E-state index in [0.717, 1.165) is 55.0 Å². The van der Waals surface area contributed by atoms with Crippen molar-refractivity contribution in [2.45, 2.75) is 70.9 Å². The number of carbonyl (C=O) groups is 2. The molecule has 37 heavy (non-hydrogen) atoms. The van der Waals surface area contributed by atoms with Crippen LogP contribution in [-0.2, 0) is 17.8 Å². The van der Waals surface area contributed by atoms with E-state index >= 15 is 4.39 Å². The number of halogens is 1. The van der Waals surface area contributed by atoms with E-state index in [1.165, 1.54) is 18.9 Å². The SMILES string of the molecule is Cc1cc(C(=O)Cc2cc(C(CCC3CC3)N3CCCCC3=O)ccc2F)n(-c2cccc(CN)c2)n1. The molecule has 1 saturated carbocycles. The van der Waals surface area contributed by atoms with Gasteiger partial charge in [0.25, 0.3) is 0 Å². The van der Waals surface area contributed by atoms with Gasteiger partial charge in [-0.3, -0.25) is 9.59 Å². The first kappa shape index (κ1) is 25.3. The third kappa shape index (κ3) is 5.82. The van der Waals surface area contributed by atoms with E-state index in [4.69, 9.17) is 5.73 Å². The molecule has 0 spiro atoms. The van der Waals surface area contributed by atoms with Gasteiger partial charge in [-0.05, 0) is 79.5 Å². The molecule has 1 amide bonds. The second-order valence-corrected chi connectivity index (χ2v) is 10.5. The van der Waals surface area contributed by atoms with Gasteiger partial charge in [0.15, 0.2) is 5.78 Å². The Kier molecular flexibility index (Phi) is 7.51. The van der Waals surface area contributed by atoms with Crippen LogP contribution in [0.15, 0.2) is 48.5 Å². The van der Waals surface area contributed by atoms with E-state index in [0.29, 0.717) is 29.9 Å². The highest BCUT2D eigenvalue weighted by molar-refractivity contribution is 5.96. The van der Waals surface area contributed by atoms with Gasteiger partial charge in [0.05, 0.1) is 17.4 Å². The van der Waals surface area contributed by atoms with Crippen LogP contribution >= 0.6 is 0 Å². The van der Waals surface area contributed by atoms with Crippen LogP contribution in [0.3, 0.4) is 0 Å². The van der Waals surface area contributed by atoms with Crippen molar-refractivity contribution in [3.05, 3.63) is 82.4 Å². The first-order valence-corrected chi connectivity index (χ1v) is 13.4. The second-order valence-electron chi connectivity index (χ2n) is 10.5.